The van der Waals surface area contributed by atoms with Crippen molar-refractivity contribution in [1.29, 1.82) is 0 Å². The van der Waals surface area contributed by atoms with Gasteiger partial charge >= 0.3 is 11.9 Å². The van der Waals surface area contributed by atoms with Gasteiger partial charge < -0.3 is 37.0 Å². The standard InChI is InChI=1S/C22H32N4O8S/c1-3-11(2)18(22(33)34)26-21(32)16(9-17(28)29)25-20(31)15(24-19(30)14(23)10-35)8-12-4-6-13(27)7-5-12/h4-7,11,14-16,18,27,35H,3,8-10,23H2,1-2H3,(H,24,30)(H,25,31)(H,26,32)(H,28,29)(H,33,34). The number of hydrogen-bond acceptors (Lipinski definition) is 8. The van der Waals surface area contributed by atoms with Crippen LogP contribution >= 0.6 is 12.6 Å². The maximum Gasteiger partial charge on any atom is 0.326 e. The van der Waals surface area contributed by atoms with Gasteiger partial charge in [0.05, 0.1) is 12.5 Å². The quantitative estimate of drug-likeness (QED) is 0.147. The SMILES string of the molecule is CCC(C)C(NC(=O)C(CC(=O)O)NC(=O)C(Cc1ccc(O)cc1)NC(=O)C(N)CS)C(=O)O. The number of nitrogens with one attached hydrogen (secondary N) is 3. The van der Waals surface area contributed by atoms with E-state index in [1.165, 1.54) is 24.3 Å². The number of carboxylic acid groups (broad SMARTS) is 2. The van der Waals surface area contributed by atoms with Crippen molar-refractivity contribution in [3.8, 4) is 5.75 Å². The Morgan fingerprint density at radius 1 is 0.943 bits per heavy atom. The molecule has 5 unspecified atom stereocenters. The van der Waals surface area contributed by atoms with E-state index in [1.54, 1.807) is 13.8 Å². The third-order valence-corrected chi connectivity index (χ3v) is 5.72. The number of carbonyl (C=O) groups excluding carboxylic acids is 3. The van der Waals surface area contributed by atoms with Gasteiger partial charge in [-0.25, -0.2) is 4.79 Å². The average molecular weight is 513 g/mol. The summed E-state index contributed by atoms with van der Waals surface area (Å²) in [6.45, 7) is 3.34. The highest BCUT2D eigenvalue weighted by Crippen LogP contribution is 2.12. The van der Waals surface area contributed by atoms with E-state index in [9.17, 15) is 39.3 Å². The third-order valence-electron chi connectivity index (χ3n) is 5.33. The molecule has 0 saturated carbocycles. The molecule has 1 aromatic carbocycles. The van der Waals surface area contributed by atoms with Crippen molar-refractivity contribution in [3.05, 3.63) is 29.8 Å². The van der Waals surface area contributed by atoms with Crippen LogP contribution in [-0.2, 0) is 30.4 Å². The molecule has 0 fully saturated rings. The van der Waals surface area contributed by atoms with Gasteiger partial charge in [0.2, 0.25) is 17.7 Å². The Morgan fingerprint density at radius 3 is 1.97 bits per heavy atom. The summed E-state index contributed by atoms with van der Waals surface area (Å²) in [7, 11) is 0. The van der Waals surface area contributed by atoms with E-state index in [-0.39, 0.29) is 17.9 Å². The minimum Gasteiger partial charge on any atom is -0.508 e. The van der Waals surface area contributed by atoms with Crippen molar-refractivity contribution in [2.45, 2.75) is 57.3 Å². The summed E-state index contributed by atoms with van der Waals surface area (Å²) in [6, 6.07) is 0.618. The van der Waals surface area contributed by atoms with Crippen LogP contribution in [0, 0.1) is 5.92 Å². The molecule has 0 aromatic heterocycles. The molecule has 3 amide bonds. The van der Waals surface area contributed by atoms with E-state index in [0.717, 1.165) is 0 Å². The van der Waals surface area contributed by atoms with Gasteiger partial charge in [0.1, 0.15) is 23.9 Å². The van der Waals surface area contributed by atoms with Gasteiger partial charge in [-0.05, 0) is 23.6 Å². The minimum absolute atomic E-state index is 0.00435. The molecular formula is C22H32N4O8S. The zero-order valence-corrected chi connectivity index (χ0v) is 20.3. The fourth-order valence-corrected chi connectivity index (χ4v) is 3.20. The van der Waals surface area contributed by atoms with Crippen LogP contribution in [0.1, 0.15) is 32.3 Å². The maximum absolute atomic E-state index is 13.0. The summed E-state index contributed by atoms with van der Waals surface area (Å²) in [5.74, 6) is -5.74. The molecule has 13 heteroatoms. The first-order chi connectivity index (χ1) is 16.4. The van der Waals surface area contributed by atoms with Gasteiger partial charge in [-0.15, -0.1) is 0 Å². The summed E-state index contributed by atoms with van der Waals surface area (Å²) < 4.78 is 0. The topological polar surface area (TPSA) is 208 Å². The monoisotopic (exact) mass is 512 g/mol. The number of carboxylic acids is 2. The molecule has 0 bridgehead atoms. The van der Waals surface area contributed by atoms with Crippen molar-refractivity contribution in [3.63, 3.8) is 0 Å². The number of carbonyl (C=O) groups is 5. The molecule has 1 rings (SSSR count). The number of rotatable bonds is 14. The highest BCUT2D eigenvalue weighted by Gasteiger charge is 2.33. The van der Waals surface area contributed by atoms with Crippen molar-refractivity contribution in [2.24, 2.45) is 11.7 Å². The van der Waals surface area contributed by atoms with E-state index in [0.29, 0.717) is 12.0 Å². The summed E-state index contributed by atoms with van der Waals surface area (Å²) in [5, 5.41) is 35.1. The number of phenols is 1. The first-order valence-electron chi connectivity index (χ1n) is 10.9. The second-order valence-electron chi connectivity index (χ2n) is 8.09. The Labute approximate surface area is 208 Å². The van der Waals surface area contributed by atoms with Crippen LogP contribution in [0.25, 0.3) is 0 Å². The number of aromatic hydroxyl groups is 1. The number of thiol groups is 1. The summed E-state index contributed by atoms with van der Waals surface area (Å²) in [4.78, 5) is 61.0. The highest BCUT2D eigenvalue weighted by molar-refractivity contribution is 7.80. The molecule has 0 aliphatic heterocycles. The number of aliphatic carboxylic acids is 2. The lowest BCUT2D eigenvalue weighted by molar-refractivity contribution is -0.144. The zero-order valence-electron chi connectivity index (χ0n) is 19.4. The average Bonchev–Trinajstić information content (AvgIpc) is 2.81. The van der Waals surface area contributed by atoms with Gasteiger partial charge in [-0.2, -0.15) is 12.6 Å². The molecule has 0 radical (unpaired) electrons. The minimum atomic E-state index is -1.61. The lowest BCUT2D eigenvalue weighted by Crippen LogP contribution is -2.58. The Balaban J connectivity index is 3.14. The molecule has 35 heavy (non-hydrogen) atoms. The molecule has 0 spiro atoms. The summed E-state index contributed by atoms with van der Waals surface area (Å²) in [6.07, 6.45) is -0.455. The first-order valence-corrected chi connectivity index (χ1v) is 11.5. The van der Waals surface area contributed by atoms with Gasteiger partial charge in [0.25, 0.3) is 0 Å². The van der Waals surface area contributed by atoms with Gasteiger partial charge in [0, 0.05) is 12.2 Å². The predicted molar refractivity (Wildman–Crippen MR) is 129 cm³/mol. The van der Waals surface area contributed by atoms with Crippen molar-refractivity contribution >= 4 is 42.3 Å². The van der Waals surface area contributed by atoms with Crippen molar-refractivity contribution < 1.29 is 39.3 Å². The summed E-state index contributed by atoms with van der Waals surface area (Å²) in [5.41, 5.74) is 6.21. The Hall–Kier alpha value is -3.32. The molecule has 0 saturated heterocycles. The van der Waals surface area contributed by atoms with Crippen LogP contribution in [0.4, 0.5) is 0 Å². The molecule has 0 heterocycles. The molecule has 0 aliphatic rings. The Bertz CT molecular complexity index is 911. The molecular weight excluding hydrogens is 480 g/mol. The fraction of sp³-hybridized carbons (Fsp3) is 0.500. The molecule has 0 aliphatic carbocycles. The zero-order chi connectivity index (χ0) is 26.7. The highest BCUT2D eigenvalue weighted by atomic mass is 32.1. The van der Waals surface area contributed by atoms with E-state index >= 15 is 0 Å². The van der Waals surface area contributed by atoms with Gasteiger partial charge in [0.15, 0.2) is 0 Å². The van der Waals surface area contributed by atoms with Crippen LogP contribution in [-0.4, -0.2) is 74.9 Å². The van der Waals surface area contributed by atoms with E-state index < -0.39 is 66.2 Å². The summed E-state index contributed by atoms with van der Waals surface area (Å²) >= 11 is 3.95. The number of hydrogen-bond donors (Lipinski definition) is 8. The number of phenolic OH excluding ortho intramolecular Hbond substituents is 1. The maximum atomic E-state index is 13.0. The van der Waals surface area contributed by atoms with Crippen LogP contribution in [0.3, 0.4) is 0 Å². The van der Waals surface area contributed by atoms with E-state index in [4.69, 9.17) is 5.73 Å². The molecule has 194 valence electrons. The third kappa shape index (κ3) is 9.83. The van der Waals surface area contributed by atoms with Crippen LogP contribution < -0.4 is 21.7 Å². The predicted octanol–water partition coefficient (Wildman–Crippen LogP) is -0.748. The lowest BCUT2D eigenvalue weighted by atomic mass is 9.98. The lowest BCUT2D eigenvalue weighted by Gasteiger charge is -2.26. The van der Waals surface area contributed by atoms with Crippen molar-refractivity contribution in [2.75, 3.05) is 5.75 Å². The fourth-order valence-electron chi connectivity index (χ4n) is 3.03. The number of nitrogens with two attached hydrogens (primary N) is 1. The van der Waals surface area contributed by atoms with E-state index in [1.807, 2.05) is 0 Å². The second-order valence-corrected chi connectivity index (χ2v) is 8.46. The Kier molecular flexibility index (Phi) is 12.0. The van der Waals surface area contributed by atoms with Crippen LogP contribution in [0.2, 0.25) is 0 Å². The normalized spacial score (nSPS) is 15.1. The molecule has 1 aromatic rings. The molecule has 8 N–H and O–H groups in total. The first kappa shape index (κ1) is 29.7. The number of amides is 3. The van der Waals surface area contributed by atoms with Gasteiger partial charge in [-0.1, -0.05) is 32.4 Å². The van der Waals surface area contributed by atoms with Gasteiger partial charge in [-0.3, -0.25) is 19.2 Å². The van der Waals surface area contributed by atoms with Crippen molar-refractivity contribution in [1.82, 2.24) is 16.0 Å². The molecule has 12 nitrogen and oxygen atoms in total. The Morgan fingerprint density at radius 2 is 1.49 bits per heavy atom. The number of benzene rings is 1. The van der Waals surface area contributed by atoms with Crippen LogP contribution in [0.15, 0.2) is 24.3 Å². The smallest absolute Gasteiger partial charge is 0.326 e. The molecule has 5 atom stereocenters. The largest absolute Gasteiger partial charge is 0.508 e. The van der Waals surface area contributed by atoms with E-state index in [2.05, 4.69) is 28.6 Å². The second kappa shape index (κ2) is 14.2. The van der Waals surface area contributed by atoms with Crippen LogP contribution in [0.5, 0.6) is 5.75 Å².